The van der Waals surface area contributed by atoms with E-state index in [4.69, 9.17) is 24.4 Å². The van der Waals surface area contributed by atoms with Crippen LogP contribution >= 0.6 is 0 Å². The molecule has 0 spiro atoms. The zero-order chi connectivity index (χ0) is 26.4. The van der Waals surface area contributed by atoms with Gasteiger partial charge in [0.15, 0.2) is 11.5 Å². The van der Waals surface area contributed by atoms with Gasteiger partial charge in [-0.25, -0.2) is 4.79 Å². The lowest BCUT2D eigenvalue weighted by atomic mass is 9.87. The monoisotopic (exact) mass is 503 g/mol. The van der Waals surface area contributed by atoms with Crippen molar-refractivity contribution in [2.45, 2.75) is 38.1 Å². The van der Waals surface area contributed by atoms with Gasteiger partial charge in [0.25, 0.3) is 0 Å². The number of ether oxygens (including phenoxy) is 3. The number of methoxy groups -OCH3 is 3. The van der Waals surface area contributed by atoms with Gasteiger partial charge in [-0.2, -0.15) is 0 Å². The highest BCUT2D eigenvalue weighted by Gasteiger charge is 2.31. The van der Waals surface area contributed by atoms with E-state index < -0.39 is 11.5 Å². The average Bonchev–Trinajstić information content (AvgIpc) is 2.82. The number of primary amides is 1. The van der Waals surface area contributed by atoms with Crippen molar-refractivity contribution >= 4 is 11.8 Å². The number of aromatic hydroxyl groups is 1. The predicted octanol–water partition coefficient (Wildman–Crippen LogP) is 1.27. The molecule has 1 aliphatic heterocycles. The molecule has 0 bridgehead atoms. The lowest BCUT2D eigenvalue weighted by Crippen LogP contribution is -2.47. The Morgan fingerprint density at radius 3 is 2.39 bits per heavy atom. The number of aryl methyl sites for hydroxylation is 1. The van der Waals surface area contributed by atoms with Crippen LogP contribution in [0.2, 0.25) is 0 Å². The van der Waals surface area contributed by atoms with Gasteiger partial charge in [0, 0.05) is 43.1 Å². The van der Waals surface area contributed by atoms with Gasteiger partial charge in [0.05, 0.1) is 33.4 Å². The second-order valence-electron chi connectivity index (χ2n) is 8.71. The number of hydrogen-bond donors (Lipinski definition) is 3. The number of piperidine rings is 1. The number of benzene rings is 1. The van der Waals surface area contributed by atoms with Gasteiger partial charge in [-0.15, -0.1) is 0 Å². The molecule has 1 fully saturated rings. The van der Waals surface area contributed by atoms with E-state index in [1.807, 2.05) is 4.90 Å². The van der Waals surface area contributed by atoms with Crippen LogP contribution in [-0.4, -0.2) is 68.8 Å². The molecule has 11 nitrogen and oxygen atoms in total. The largest absolute Gasteiger partial charge is 0.507 e. The quantitative estimate of drug-likeness (QED) is 0.435. The van der Waals surface area contributed by atoms with Crippen molar-refractivity contribution in [3.8, 4) is 23.0 Å². The Morgan fingerprint density at radius 2 is 1.83 bits per heavy atom. The Morgan fingerprint density at radius 1 is 1.17 bits per heavy atom. The molecule has 1 atom stereocenters. The first-order valence-corrected chi connectivity index (χ1v) is 11.6. The van der Waals surface area contributed by atoms with Crippen LogP contribution in [0.1, 0.15) is 42.1 Å². The molecule has 2 amide bonds. The minimum Gasteiger partial charge on any atom is -0.507 e. The van der Waals surface area contributed by atoms with E-state index in [2.05, 4.69) is 5.32 Å². The van der Waals surface area contributed by atoms with E-state index in [0.29, 0.717) is 43.0 Å². The summed E-state index contributed by atoms with van der Waals surface area (Å²) in [5, 5.41) is 13.7. The first kappa shape index (κ1) is 26.9. The first-order valence-electron chi connectivity index (χ1n) is 11.6. The lowest BCUT2D eigenvalue weighted by Gasteiger charge is -2.31. The molecular weight excluding hydrogens is 470 g/mol. The van der Waals surface area contributed by atoms with Crippen molar-refractivity contribution in [1.29, 1.82) is 0 Å². The van der Waals surface area contributed by atoms with E-state index in [1.165, 1.54) is 27.4 Å². The summed E-state index contributed by atoms with van der Waals surface area (Å²) in [7, 11) is 4.38. The molecule has 1 saturated heterocycles. The Hall–Kier alpha value is -3.73. The molecule has 0 aliphatic carbocycles. The number of amides is 2. The summed E-state index contributed by atoms with van der Waals surface area (Å²) >= 11 is 0. The second-order valence-corrected chi connectivity index (χ2v) is 8.71. The zero-order valence-electron chi connectivity index (χ0n) is 21.0. The van der Waals surface area contributed by atoms with E-state index in [9.17, 15) is 19.5 Å². The van der Waals surface area contributed by atoms with Crippen LogP contribution in [0.3, 0.4) is 0 Å². The predicted molar refractivity (Wildman–Crippen MR) is 131 cm³/mol. The fourth-order valence-electron chi connectivity index (χ4n) is 4.62. The maximum absolute atomic E-state index is 13.2. The van der Waals surface area contributed by atoms with Gasteiger partial charge in [-0.3, -0.25) is 14.5 Å². The summed E-state index contributed by atoms with van der Waals surface area (Å²) in [6.07, 6.45) is 1.15. The SMILES string of the molecule is COc1ccc(C(CC(=O)NC2CCN(CC(N)=O)CC2)c2c(O)cc(C)oc2=O)c(OC)c1OC. The third-order valence-corrected chi connectivity index (χ3v) is 6.27. The molecule has 2 heterocycles. The molecule has 36 heavy (non-hydrogen) atoms. The molecule has 4 N–H and O–H groups in total. The normalized spacial score (nSPS) is 15.2. The summed E-state index contributed by atoms with van der Waals surface area (Å²) in [6.45, 7) is 2.99. The van der Waals surface area contributed by atoms with Crippen molar-refractivity contribution in [3.63, 3.8) is 0 Å². The average molecular weight is 504 g/mol. The van der Waals surface area contributed by atoms with Crippen molar-refractivity contribution in [2.24, 2.45) is 5.73 Å². The summed E-state index contributed by atoms with van der Waals surface area (Å²) < 4.78 is 21.7. The number of nitrogens with one attached hydrogen (secondary N) is 1. The maximum Gasteiger partial charge on any atom is 0.343 e. The highest BCUT2D eigenvalue weighted by atomic mass is 16.5. The van der Waals surface area contributed by atoms with Crippen molar-refractivity contribution in [2.75, 3.05) is 41.0 Å². The summed E-state index contributed by atoms with van der Waals surface area (Å²) in [4.78, 5) is 39.1. The highest BCUT2D eigenvalue weighted by Crippen LogP contribution is 2.45. The van der Waals surface area contributed by atoms with Crippen LogP contribution in [0.5, 0.6) is 23.0 Å². The van der Waals surface area contributed by atoms with Gasteiger partial charge in [0.1, 0.15) is 11.5 Å². The number of carbonyl (C=O) groups excluding carboxylic acids is 2. The van der Waals surface area contributed by atoms with E-state index in [-0.39, 0.29) is 53.6 Å². The fourth-order valence-corrected chi connectivity index (χ4v) is 4.62. The van der Waals surface area contributed by atoms with E-state index >= 15 is 0 Å². The van der Waals surface area contributed by atoms with Gasteiger partial charge in [-0.1, -0.05) is 6.07 Å². The third kappa shape index (κ3) is 6.09. The molecule has 1 aromatic heterocycles. The van der Waals surface area contributed by atoms with Gasteiger partial charge < -0.3 is 34.8 Å². The van der Waals surface area contributed by atoms with Gasteiger partial charge >= 0.3 is 5.63 Å². The van der Waals surface area contributed by atoms with Crippen LogP contribution in [0, 0.1) is 6.92 Å². The maximum atomic E-state index is 13.2. The minimum atomic E-state index is -0.897. The minimum absolute atomic E-state index is 0.0578. The molecule has 1 aromatic carbocycles. The topological polar surface area (TPSA) is 154 Å². The van der Waals surface area contributed by atoms with E-state index in [1.54, 1.807) is 19.1 Å². The summed E-state index contributed by atoms with van der Waals surface area (Å²) in [6, 6.07) is 4.54. The summed E-state index contributed by atoms with van der Waals surface area (Å²) in [5.41, 5.74) is 4.92. The Labute approximate surface area is 209 Å². The number of likely N-dealkylation sites (tertiary alicyclic amines) is 1. The van der Waals surface area contributed by atoms with Crippen molar-refractivity contribution < 1.29 is 33.3 Å². The molecule has 3 rings (SSSR count). The Kier molecular flexibility index (Phi) is 8.81. The highest BCUT2D eigenvalue weighted by molar-refractivity contribution is 5.79. The van der Waals surface area contributed by atoms with Crippen LogP contribution in [0.4, 0.5) is 0 Å². The van der Waals surface area contributed by atoms with Crippen LogP contribution in [0.25, 0.3) is 0 Å². The molecule has 1 unspecified atom stereocenters. The number of nitrogens with two attached hydrogens (primary N) is 1. The smallest absolute Gasteiger partial charge is 0.343 e. The Bertz CT molecular complexity index is 1150. The number of carbonyl (C=O) groups is 2. The molecule has 0 saturated carbocycles. The fraction of sp³-hybridized carbons (Fsp3) is 0.480. The van der Waals surface area contributed by atoms with E-state index in [0.717, 1.165) is 0 Å². The van der Waals surface area contributed by atoms with Gasteiger partial charge in [0.2, 0.25) is 17.6 Å². The molecule has 2 aromatic rings. The molecule has 196 valence electrons. The lowest BCUT2D eigenvalue weighted by molar-refractivity contribution is -0.123. The van der Waals surface area contributed by atoms with Crippen LogP contribution < -0.4 is 30.9 Å². The Balaban J connectivity index is 1.93. The molecular formula is C25H33N3O8. The number of nitrogens with zero attached hydrogens (tertiary/aromatic N) is 1. The summed E-state index contributed by atoms with van der Waals surface area (Å²) in [5.74, 6) is -0.666. The standard InChI is InChI=1S/C25H33N3O8/c1-14-11-18(29)22(25(32)36-14)17(16-5-6-19(33-2)24(35-4)23(16)34-3)12-21(31)27-15-7-9-28(10-8-15)13-20(26)30/h5-6,11,15,17,29H,7-10,12-13H2,1-4H3,(H2,26,30)(H,27,31). The van der Waals surface area contributed by atoms with Crippen molar-refractivity contribution in [1.82, 2.24) is 10.2 Å². The zero-order valence-corrected chi connectivity index (χ0v) is 21.0. The molecule has 1 aliphatic rings. The second kappa shape index (κ2) is 11.8. The van der Waals surface area contributed by atoms with Crippen LogP contribution in [0.15, 0.2) is 27.4 Å². The third-order valence-electron chi connectivity index (χ3n) is 6.27. The molecule has 11 heteroatoms. The number of rotatable bonds is 10. The number of hydrogen-bond acceptors (Lipinski definition) is 9. The first-order chi connectivity index (χ1) is 17.2. The van der Waals surface area contributed by atoms with Crippen molar-refractivity contribution in [3.05, 3.63) is 45.5 Å². The molecule has 0 radical (unpaired) electrons. The van der Waals surface area contributed by atoms with Crippen LogP contribution in [-0.2, 0) is 9.59 Å². The van der Waals surface area contributed by atoms with Gasteiger partial charge in [-0.05, 0) is 25.8 Å².